The fourth-order valence-electron chi connectivity index (χ4n) is 3.15. The molecule has 1 aliphatic carbocycles. The number of hydrogen-bond acceptors (Lipinski definition) is 3. The average Bonchev–Trinajstić information content (AvgIpc) is 3.23. The summed E-state index contributed by atoms with van der Waals surface area (Å²) in [7, 11) is 0. The van der Waals surface area contributed by atoms with Crippen LogP contribution < -0.4 is 16.4 Å². The first-order valence-corrected chi connectivity index (χ1v) is 7.09. The minimum Gasteiger partial charge on any atom is -0.398 e. The Morgan fingerprint density at radius 3 is 2.32 bits per heavy atom. The second-order valence-electron chi connectivity index (χ2n) is 5.80. The van der Waals surface area contributed by atoms with Crippen LogP contribution in [0.3, 0.4) is 0 Å². The second kappa shape index (κ2) is 4.76. The molecular weight excluding hydrogens is 238 g/mol. The molecule has 2 fully saturated rings. The Balaban J connectivity index is 1.72. The highest BCUT2D eigenvalue weighted by Gasteiger charge is 2.33. The second-order valence-corrected chi connectivity index (χ2v) is 5.80. The van der Waals surface area contributed by atoms with Crippen molar-refractivity contribution < 1.29 is 4.79 Å². The van der Waals surface area contributed by atoms with Gasteiger partial charge in [0.15, 0.2) is 0 Å². The third-order valence-corrected chi connectivity index (χ3v) is 4.50. The molecule has 4 nitrogen and oxygen atoms in total. The Morgan fingerprint density at radius 1 is 1.11 bits per heavy atom. The number of piperidine rings is 1. The molecule has 1 heterocycles. The van der Waals surface area contributed by atoms with Crippen molar-refractivity contribution >= 4 is 17.3 Å². The number of primary amides is 1. The molecule has 1 aromatic rings. The monoisotopic (exact) mass is 259 g/mol. The normalized spacial score (nSPS) is 20.5. The molecule has 2 aliphatic rings. The summed E-state index contributed by atoms with van der Waals surface area (Å²) in [6.07, 6.45) is 5.39. The Labute approximate surface area is 113 Å². The van der Waals surface area contributed by atoms with E-state index in [-0.39, 0.29) is 0 Å². The molecule has 19 heavy (non-hydrogen) atoms. The van der Waals surface area contributed by atoms with E-state index in [9.17, 15) is 4.79 Å². The van der Waals surface area contributed by atoms with Gasteiger partial charge in [-0.1, -0.05) is 0 Å². The molecule has 1 aromatic carbocycles. The lowest BCUT2D eigenvalue weighted by atomic mass is 9.92. The zero-order chi connectivity index (χ0) is 13.4. The molecule has 0 spiro atoms. The number of benzene rings is 1. The molecule has 4 N–H and O–H groups in total. The van der Waals surface area contributed by atoms with Gasteiger partial charge in [-0.25, -0.2) is 0 Å². The first kappa shape index (κ1) is 12.3. The van der Waals surface area contributed by atoms with E-state index in [1.807, 2.05) is 12.1 Å². The number of anilines is 2. The van der Waals surface area contributed by atoms with Crippen molar-refractivity contribution in [3.63, 3.8) is 0 Å². The smallest absolute Gasteiger partial charge is 0.250 e. The van der Waals surface area contributed by atoms with Crippen LogP contribution in [0.5, 0.6) is 0 Å². The number of rotatable bonds is 3. The van der Waals surface area contributed by atoms with Gasteiger partial charge < -0.3 is 16.4 Å². The van der Waals surface area contributed by atoms with E-state index in [0.717, 1.165) is 30.6 Å². The lowest BCUT2D eigenvalue weighted by Crippen LogP contribution is -2.34. The van der Waals surface area contributed by atoms with Crippen molar-refractivity contribution in [3.8, 4) is 0 Å². The summed E-state index contributed by atoms with van der Waals surface area (Å²) in [6.45, 7) is 2.15. The van der Waals surface area contributed by atoms with Crippen LogP contribution in [0.15, 0.2) is 18.2 Å². The quantitative estimate of drug-likeness (QED) is 0.815. The minimum absolute atomic E-state index is 0.432. The van der Waals surface area contributed by atoms with Crippen molar-refractivity contribution in [3.05, 3.63) is 23.8 Å². The summed E-state index contributed by atoms with van der Waals surface area (Å²) in [4.78, 5) is 13.7. The van der Waals surface area contributed by atoms with E-state index < -0.39 is 5.91 Å². The molecule has 0 unspecified atom stereocenters. The Bertz CT molecular complexity index is 488. The number of nitrogens with two attached hydrogens (primary N) is 2. The maximum atomic E-state index is 11.3. The third kappa shape index (κ3) is 2.53. The van der Waals surface area contributed by atoms with E-state index in [2.05, 4.69) is 4.90 Å². The van der Waals surface area contributed by atoms with Gasteiger partial charge in [0.2, 0.25) is 0 Å². The lowest BCUT2D eigenvalue weighted by Gasteiger charge is -2.34. The molecular formula is C15H21N3O. The summed E-state index contributed by atoms with van der Waals surface area (Å²) in [5.41, 5.74) is 13.1. The summed E-state index contributed by atoms with van der Waals surface area (Å²) in [6, 6.07) is 5.59. The maximum absolute atomic E-state index is 11.3. The predicted molar refractivity (Wildman–Crippen MR) is 77.0 cm³/mol. The van der Waals surface area contributed by atoms with Crippen molar-refractivity contribution in [2.75, 3.05) is 23.7 Å². The summed E-state index contributed by atoms with van der Waals surface area (Å²) in [5, 5.41) is 0. The molecule has 0 radical (unpaired) electrons. The molecule has 1 amide bonds. The molecule has 1 saturated carbocycles. The topological polar surface area (TPSA) is 72.4 Å². The SMILES string of the molecule is NC(=O)c1cc(N2CCC(C3CC3)CC2)ccc1N. The summed E-state index contributed by atoms with van der Waals surface area (Å²) in [5.74, 6) is 1.46. The molecule has 4 heteroatoms. The number of hydrogen-bond donors (Lipinski definition) is 2. The summed E-state index contributed by atoms with van der Waals surface area (Å²) >= 11 is 0. The van der Waals surface area contributed by atoms with E-state index in [0.29, 0.717) is 11.3 Å². The van der Waals surface area contributed by atoms with Crippen LogP contribution in [0.1, 0.15) is 36.0 Å². The molecule has 3 rings (SSSR count). The van der Waals surface area contributed by atoms with Gasteiger partial charge in [-0.2, -0.15) is 0 Å². The van der Waals surface area contributed by atoms with Gasteiger partial charge in [0.1, 0.15) is 0 Å². The van der Waals surface area contributed by atoms with Gasteiger partial charge in [-0.05, 0) is 55.7 Å². The molecule has 1 aliphatic heterocycles. The first-order chi connectivity index (χ1) is 9.15. The maximum Gasteiger partial charge on any atom is 0.250 e. The van der Waals surface area contributed by atoms with Crippen LogP contribution in [0.4, 0.5) is 11.4 Å². The third-order valence-electron chi connectivity index (χ3n) is 4.50. The highest BCUT2D eigenvalue weighted by molar-refractivity contribution is 5.99. The summed E-state index contributed by atoms with van der Waals surface area (Å²) < 4.78 is 0. The van der Waals surface area contributed by atoms with Crippen molar-refractivity contribution in [2.24, 2.45) is 17.6 Å². The number of carbonyl (C=O) groups is 1. The molecule has 0 bridgehead atoms. The van der Waals surface area contributed by atoms with Gasteiger partial charge in [-0.15, -0.1) is 0 Å². The fraction of sp³-hybridized carbons (Fsp3) is 0.533. The van der Waals surface area contributed by atoms with Crippen LogP contribution in [-0.4, -0.2) is 19.0 Å². The van der Waals surface area contributed by atoms with Crippen LogP contribution in [0.2, 0.25) is 0 Å². The van der Waals surface area contributed by atoms with Gasteiger partial charge >= 0.3 is 0 Å². The first-order valence-electron chi connectivity index (χ1n) is 7.09. The zero-order valence-electron chi connectivity index (χ0n) is 11.1. The number of nitrogens with zero attached hydrogens (tertiary/aromatic N) is 1. The van der Waals surface area contributed by atoms with E-state index in [1.54, 1.807) is 6.07 Å². The highest BCUT2D eigenvalue weighted by Crippen LogP contribution is 2.42. The highest BCUT2D eigenvalue weighted by atomic mass is 16.1. The zero-order valence-corrected chi connectivity index (χ0v) is 11.1. The Morgan fingerprint density at radius 2 is 1.74 bits per heavy atom. The number of nitrogen functional groups attached to an aromatic ring is 1. The lowest BCUT2D eigenvalue weighted by molar-refractivity contribution is 0.100. The van der Waals surface area contributed by atoms with Crippen molar-refractivity contribution in [1.29, 1.82) is 0 Å². The van der Waals surface area contributed by atoms with Gasteiger partial charge in [-0.3, -0.25) is 4.79 Å². The standard InChI is InChI=1S/C15H21N3O/c16-14-4-3-12(9-13(14)15(17)19)18-7-5-11(6-8-18)10-1-2-10/h3-4,9-11H,1-2,5-8,16H2,(H2,17,19). The molecule has 102 valence electrons. The Hall–Kier alpha value is -1.71. The molecule has 0 atom stereocenters. The van der Waals surface area contributed by atoms with Crippen LogP contribution in [-0.2, 0) is 0 Å². The Kier molecular flexibility index (Phi) is 3.09. The van der Waals surface area contributed by atoms with E-state index in [4.69, 9.17) is 11.5 Å². The molecule has 1 saturated heterocycles. The number of amides is 1. The number of carbonyl (C=O) groups excluding carboxylic acids is 1. The van der Waals surface area contributed by atoms with Crippen LogP contribution >= 0.6 is 0 Å². The van der Waals surface area contributed by atoms with Gasteiger partial charge in [0.25, 0.3) is 5.91 Å². The van der Waals surface area contributed by atoms with Crippen molar-refractivity contribution in [1.82, 2.24) is 0 Å². The largest absolute Gasteiger partial charge is 0.398 e. The van der Waals surface area contributed by atoms with Crippen molar-refractivity contribution in [2.45, 2.75) is 25.7 Å². The fourth-order valence-corrected chi connectivity index (χ4v) is 3.15. The van der Waals surface area contributed by atoms with Gasteiger partial charge in [0.05, 0.1) is 5.56 Å². The minimum atomic E-state index is -0.452. The molecule has 0 aromatic heterocycles. The van der Waals surface area contributed by atoms with Gasteiger partial charge in [0, 0.05) is 24.5 Å². The predicted octanol–water partition coefficient (Wildman–Crippen LogP) is 1.99. The van der Waals surface area contributed by atoms with E-state index in [1.165, 1.54) is 25.7 Å². The van der Waals surface area contributed by atoms with Crippen LogP contribution in [0, 0.1) is 11.8 Å². The van der Waals surface area contributed by atoms with E-state index >= 15 is 0 Å². The average molecular weight is 259 g/mol. The van der Waals surface area contributed by atoms with Crippen LogP contribution in [0.25, 0.3) is 0 Å².